The fourth-order valence-corrected chi connectivity index (χ4v) is 8.03. The molecule has 1 fully saturated rings. The fraction of sp³-hybridized carbons (Fsp3) is 0.792. The third kappa shape index (κ3) is 30.0. The van der Waals surface area contributed by atoms with E-state index in [1.54, 1.807) is 0 Å². The summed E-state index contributed by atoms with van der Waals surface area (Å²) in [5.74, 6) is -1.19. The highest BCUT2D eigenvalue weighted by Gasteiger charge is 2.51. The summed E-state index contributed by atoms with van der Waals surface area (Å²) in [6.07, 6.45) is 31.8. The molecule has 6 N–H and O–H groups in total. The Balaban J connectivity index is 2.49. The van der Waals surface area contributed by atoms with Gasteiger partial charge in [-0.3, -0.25) is 18.6 Å². The maximum atomic E-state index is 12.8. The zero-order valence-corrected chi connectivity index (χ0v) is 39.0. The predicted octanol–water partition coefficient (Wildman–Crippen LogP) is 9.56. The van der Waals surface area contributed by atoms with Crippen molar-refractivity contribution in [3.63, 3.8) is 0 Å². The largest absolute Gasteiger partial charge is 0.472 e. The molecular formula is C48H85O13P. The molecule has 360 valence electrons. The van der Waals surface area contributed by atoms with Gasteiger partial charge in [0.25, 0.3) is 0 Å². The minimum absolute atomic E-state index is 0.0233. The Kier molecular flexibility index (Phi) is 35.5. The van der Waals surface area contributed by atoms with Crippen LogP contribution in [0.5, 0.6) is 0 Å². The van der Waals surface area contributed by atoms with E-state index in [1.807, 2.05) is 18.2 Å². The molecule has 1 aliphatic rings. The Labute approximate surface area is 373 Å². The molecule has 8 atom stereocenters. The minimum atomic E-state index is -5.14. The van der Waals surface area contributed by atoms with Crippen molar-refractivity contribution in [2.75, 3.05) is 13.2 Å². The lowest BCUT2D eigenvalue weighted by Gasteiger charge is -2.41. The molecule has 1 aliphatic carbocycles. The first-order valence-electron chi connectivity index (χ1n) is 23.9. The maximum Gasteiger partial charge on any atom is 0.472 e. The highest BCUT2D eigenvalue weighted by molar-refractivity contribution is 7.47. The van der Waals surface area contributed by atoms with E-state index >= 15 is 0 Å². The second kappa shape index (κ2) is 38.1. The number of hydrogen-bond acceptors (Lipinski definition) is 12. The van der Waals surface area contributed by atoms with Crippen LogP contribution >= 0.6 is 7.82 Å². The molecule has 0 saturated heterocycles. The van der Waals surface area contributed by atoms with Gasteiger partial charge in [0.1, 0.15) is 43.2 Å². The van der Waals surface area contributed by atoms with Crippen LogP contribution < -0.4 is 0 Å². The van der Waals surface area contributed by atoms with Crippen LogP contribution in [0.15, 0.2) is 48.6 Å². The van der Waals surface area contributed by atoms with E-state index in [2.05, 4.69) is 44.2 Å². The van der Waals surface area contributed by atoms with Crippen LogP contribution in [0, 0.1) is 0 Å². The molecule has 13 nitrogen and oxygen atoms in total. The molecule has 0 aromatic rings. The summed E-state index contributed by atoms with van der Waals surface area (Å²) >= 11 is 0. The number of allylic oxidation sites excluding steroid dienone is 8. The second-order valence-electron chi connectivity index (χ2n) is 16.6. The molecule has 0 amide bonds. The van der Waals surface area contributed by atoms with Crippen molar-refractivity contribution in [1.29, 1.82) is 0 Å². The molecule has 0 radical (unpaired) electrons. The minimum Gasteiger partial charge on any atom is -0.462 e. The monoisotopic (exact) mass is 901 g/mol. The van der Waals surface area contributed by atoms with Gasteiger partial charge in [-0.1, -0.05) is 178 Å². The molecule has 0 spiro atoms. The van der Waals surface area contributed by atoms with Crippen LogP contribution in [-0.4, -0.2) is 98.3 Å². The lowest BCUT2D eigenvalue weighted by molar-refractivity contribution is -0.220. The molecule has 1 rings (SSSR count). The van der Waals surface area contributed by atoms with Gasteiger partial charge in [0.2, 0.25) is 0 Å². The molecule has 4 unspecified atom stereocenters. The van der Waals surface area contributed by atoms with Gasteiger partial charge in [-0.2, -0.15) is 0 Å². The van der Waals surface area contributed by atoms with Gasteiger partial charge in [0.05, 0.1) is 6.61 Å². The van der Waals surface area contributed by atoms with Gasteiger partial charge < -0.3 is 39.9 Å². The lowest BCUT2D eigenvalue weighted by Crippen LogP contribution is -2.64. The fourth-order valence-electron chi connectivity index (χ4n) is 7.06. The van der Waals surface area contributed by atoms with Crippen LogP contribution in [-0.2, 0) is 32.7 Å². The number of phosphoric acid groups is 1. The first kappa shape index (κ1) is 57.8. The summed E-state index contributed by atoms with van der Waals surface area (Å²) in [7, 11) is -5.14. The summed E-state index contributed by atoms with van der Waals surface area (Å²) in [5, 5.41) is 50.2. The van der Waals surface area contributed by atoms with Crippen molar-refractivity contribution in [2.45, 2.75) is 230 Å². The summed E-state index contributed by atoms with van der Waals surface area (Å²) in [4.78, 5) is 35.7. The number of carbonyl (C=O) groups is 2. The number of aliphatic hydroxyl groups excluding tert-OH is 5. The third-order valence-electron chi connectivity index (χ3n) is 10.9. The van der Waals surface area contributed by atoms with E-state index in [0.29, 0.717) is 19.3 Å². The number of phosphoric ester groups is 1. The summed E-state index contributed by atoms with van der Waals surface area (Å²) in [5.41, 5.74) is 0. The normalized spacial score (nSPS) is 22.3. The quantitative estimate of drug-likeness (QED) is 0.0147. The standard InChI is InChI=1S/C48H85O13P/c1-3-5-7-9-11-13-15-17-19-21-23-25-27-29-31-33-35-37-42(50)60-40(39-59-62(56,57)61-48-46(54)44(52)43(51)45(53)47(48)55)38-58-41(49)36-34-32-30-28-26-24-22-20-18-16-14-12-10-8-6-4-2/h13,15,19,21,25,27,31,33,40,43-48,51-55H,3-12,14,16-18,20,22-24,26,28-30,32,34-39H2,1-2H3,(H,56,57)/b15-13-,21-19-,27-25-,33-31-/t40?,43?,44-,45+,46-,47-,48?/m1/s1. The van der Waals surface area contributed by atoms with Crippen molar-refractivity contribution >= 4 is 19.8 Å². The average Bonchev–Trinajstić information content (AvgIpc) is 3.25. The molecular weight excluding hydrogens is 815 g/mol. The first-order valence-corrected chi connectivity index (χ1v) is 25.4. The van der Waals surface area contributed by atoms with E-state index < -0.39 is 75.7 Å². The highest BCUT2D eigenvalue weighted by Crippen LogP contribution is 2.47. The SMILES string of the molecule is CCCCCC/C=C\C/C=C\C/C=C\C/C=C\CCC(=O)OC(COC(=O)CCCCCCCCCCCCCCCCCC)COP(=O)(O)OC1[C@H](O)[C@H](O)C(O)[C@H](O)[C@H]1O. The van der Waals surface area contributed by atoms with E-state index in [-0.39, 0.29) is 12.8 Å². The Hall–Kier alpha value is -2.19. The molecule has 0 aromatic heterocycles. The first-order chi connectivity index (χ1) is 29.9. The van der Waals surface area contributed by atoms with Crippen molar-refractivity contribution in [3.05, 3.63) is 48.6 Å². The number of unbranched alkanes of at least 4 members (excludes halogenated alkanes) is 19. The van der Waals surface area contributed by atoms with E-state index in [1.165, 1.54) is 103 Å². The third-order valence-corrected chi connectivity index (χ3v) is 11.9. The van der Waals surface area contributed by atoms with Gasteiger partial charge in [0, 0.05) is 12.8 Å². The van der Waals surface area contributed by atoms with Crippen molar-refractivity contribution in [3.8, 4) is 0 Å². The van der Waals surface area contributed by atoms with Crippen LogP contribution in [0.4, 0.5) is 0 Å². The highest BCUT2D eigenvalue weighted by atomic mass is 31.2. The Morgan fingerprint density at radius 1 is 0.500 bits per heavy atom. The molecule has 1 saturated carbocycles. The van der Waals surface area contributed by atoms with Crippen molar-refractivity contribution < 1.29 is 63.1 Å². The van der Waals surface area contributed by atoms with Gasteiger partial charge >= 0.3 is 19.8 Å². The van der Waals surface area contributed by atoms with Gasteiger partial charge in [-0.25, -0.2) is 4.57 Å². The summed E-state index contributed by atoms with van der Waals surface area (Å²) < 4.78 is 33.5. The number of aliphatic hydroxyl groups is 5. The van der Waals surface area contributed by atoms with Crippen LogP contribution in [0.2, 0.25) is 0 Å². The summed E-state index contributed by atoms with van der Waals surface area (Å²) in [6, 6.07) is 0. The van der Waals surface area contributed by atoms with E-state index in [0.717, 1.165) is 38.5 Å². The predicted molar refractivity (Wildman–Crippen MR) is 244 cm³/mol. The smallest absolute Gasteiger partial charge is 0.462 e. The van der Waals surface area contributed by atoms with Gasteiger partial charge in [-0.05, 0) is 44.9 Å². The molecule has 14 heteroatoms. The Bertz CT molecular complexity index is 1270. The number of hydrogen-bond donors (Lipinski definition) is 6. The number of esters is 2. The maximum absolute atomic E-state index is 12.8. The van der Waals surface area contributed by atoms with Crippen molar-refractivity contribution in [2.24, 2.45) is 0 Å². The average molecular weight is 901 g/mol. The molecule has 62 heavy (non-hydrogen) atoms. The lowest BCUT2D eigenvalue weighted by atomic mass is 9.85. The zero-order valence-electron chi connectivity index (χ0n) is 38.2. The number of ether oxygens (including phenoxy) is 2. The van der Waals surface area contributed by atoms with Crippen LogP contribution in [0.25, 0.3) is 0 Å². The molecule has 0 aliphatic heterocycles. The Morgan fingerprint density at radius 2 is 0.903 bits per heavy atom. The molecule has 0 heterocycles. The van der Waals surface area contributed by atoms with E-state index in [4.69, 9.17) is 18.5 Å². The van der Waals surface area contributed by atoms with Crippen LogP contribution in [0.3, 0.4) is 0 Å². The molecule has 0 bridgehead atoms. The topological polar surface area (TPSA) is 210 Å². The van der Waals surface area contributed by atoms with Gasteiger partial charge in [0.15, 0.2) is 6.10 Å². The Morgan fingerprint density at radius 3 is 1.39 bits per heavy atom. The van der Waals surface area contributed by atoms with Gasteiger partial charge in [-0.15, -0.1) is 0 Å². The van der Waals surface area contributed by atoms with Crippen LogP contribution in [0.1, 0.15) is 187 Å². The van der Waals surface area contributed by atoms with Crippen molar-refractivity contribution in [1.82, 2.24) is 0 Å². The second-order valence-corrected chi connectivity index (χ2v) is 18.0. The number of carbonyl (C=O) groups excluding carboxylic acids is 2. The molecule has 0 aromatic carbocycles. The van der Waals surface area contributed by atoms with E-state index in [9.17, 15) is 44.6 Å². The summed E-state index contributed by atoms with van der Waals surface area (Å²) in [6.45, 7) is 3.23. The zero-order chi connectivity index (χ0) is 45.7. The number of rotatable bonds is 39.